The SMILES string of the molecule is C=C(/C=C\C(=C=CC)CNCCC)CC. The Morgan fingerprint density at radius 3 is 2.60 bits per heavy atom. The topological polar surface area (TPSA) is 12.0 Å². The van der Waals surface area contributed by atoms with E-state index in [-0.39, 0.29) is 0 Å². The summed E-state index contributed by atoms with van der Waals surface area (Å²) in [6, 6.07) is 0. The van der Waals surface area contributed by atoms with Gasteiger partial charge in [0.25, 0.3) is 0 Å². The van der Waals surface area contributed by atoms with Gasteiger partial charge in [-0.2, -0.15) is 0 Å². The van der Waals surface area contributed by atoms with Crippen molar-refractivity contribution in [2.45, 2.75) is 33.6 Å². The molecule has 0 heterocycles. The van der Waals surface area contributed by atoms with Gasteiger partial charge in [-0.3, -0.25) is 0 Å². The summed E-state index contributed by atoms with van der Waals surface area (Å²) in [6.07, 6.45) is 8.27. The standard InChI is InChI=1S/C14H23N/c1-5-8-14(12-15-11-6-2)10-9-13(4)7-3/h5,9-10,15H,4,6-7,11-12H2,1-3H3/b10-9-. The van der Waals surface area contributed by atoms with Gasteiger partial charge < -0.3 is 5.32 Å². The number of allylic oxidation sites excluding steroid dienone is 2. The van der Waals surface area contributed by atoms with Crippen LogP contribution in [-0.4, -0.2) is 13.1 Å². The van der Waals surface area contributed by atoms with E-state index in [4.69, 9.17) is 0 Å². The molecule has 0 aromatic carbocycles. The zero-order chi connectivity index (χ0) is 11.5. The molecule has 0 radical (unpaired) electrons. The fourth-order valence-electron chi connectivity index (χ4n) is 1.08. The smallest absolute Gasteiger partial charge is 0.0278 e. The Hall–Kier alpha value is -1.04. The monoisotopic (exact) mass is 205 g/mol. The first-order valence-electron chi connectivity index (χ1n) is 5.71. The maximum atomic E-state index is 3.94. The van der Waals surface area contributed by atoms with E-state index in [1.807, 2.05) is 13.0 Å². The Bertz CT molecular complexity index is 265. The maximum Gasteiger partial charge on any atom is 0.0278 e. The van der Waals surface area contributed by atoms with Crippen LogP contribution in [0.3, 0.4) is 0 Å². The molecule has 0 amide bonds. The number of rotatable bonds is 7. The second-order valence-corrected chi connectivity index (χ2v) is 3.48. The van der Waals surface area contributed by atoms with Gasteiger partial charge in [-0.1, -0.05) is 32.1 Å². The lowest BCUT2D eigenvalue weighted by Gasteiger charge is -2.01. The normalized spacial score (nSPS) is 10.1. The summed E-state index contributed by atoms with van der Waals surface area (Å²) in [5.41, 5.74) is 5.56. The Balaban J connectivity index is 4.24. The first-order chi connectivity index (χ1) is 7.24. The van der Waals surface area contributed by atoms with Gasteiger partial charge >= 0.3 is 0 Å². The molecule has 0 aliphatic carbocycles. The molecule has 0 atom stereocenters. The molecule has 15 heavy (non-hydrogen) atoms. The quantitative estimate of drug-likeness (QED) is 0.380. The second-order valence-electron chi connectivity index (χ2n) is 3.48. The number of hydrogen-bond acceptors (Lipinski definition) is 1. The molecule has 1 N–H and O–H groups in total. The van der Waals surface area contributed by atoms with Gasteiger partial charge in [0.1, 0.15) is 0 Å². The highest BCUT2D eigenvalue weighted by Gasteiger charge is 1.90. The Morgan fingerprint density at radius 1 is 1.33 bits per heavy atom. The van der Waals surface area contributed by atoms with Crippen molar-refractivity contribution < 1.29 is 0 Å². The molecule has 84 valence electrons. The van der Waals surface area contributed by atoms with Crippen LogP contribution in [0.25, 0.3) is 0 Å². The van der Waals surface area contributed by atoms with Crippen LogP contribution in [0.5, 0.6) is 0 Å². The summed E-state index contributed by atoms with van der Waals surface area (Å²) in [5.74, 6) is 0. The Kier molecular flexibility index (Phi) is 8.85. The van der Waals surface area contributed by atoms with Crippen LogP contribution in [0.15, 0.2) is 41.7 Å². The van der Waals surface area contributed by atoms with E-state index in [1.165, 1.54) is 5.57 Å². The molecule has 0 bridgehead atoms. The molecule has 0 aliphatic rings. The lowest BCUT2D eigenvalue weighted by atomic mass is 10.1. The molecule has 0 aromatic rings. The van der Waals surface area contributed by atoms with Gasteiger partial charge in [-0.25, -0.2) is 0 Å². The summed E-state index contributed by atoms with van der Waals surface area (Å²) < 4.78 is 0. The fraction of sp³-hybridized carbons (Fsp3) is 0.500. The zero-order valence-corrected chi connectivity index (χ0v) is 10.3. The second kappa shape index (κ2) is 9.51. The summed E-state index contributed by atoms with van der Waals surface area (Å²) in [5, 5.41) is 3.36. The van der Waals surface area contributed by atoms with E-state index in [2.05, 4.69) is 43.6 Å². The largest absolute Gasteiger partial charge is 0.312 e. The summed E-state index contributed by atoms with van der Waals surface area (Å²) in [4.78, 5) is 0. The van der Waals surface area contributed by atoms with Crippen LogP contribution in [0.4, 0.5) is 0 Å². The number of hydrogen-bond donors (Lipinski definition) is 1. The third-order valence-electron chi connectivity index (χ3n) is 2.05. The van der Waals surface area contributed by atoms with Crippen LogP contribution >= 0.6 is 0 Å². The van der Waals surface area contributed by atoms with Gasteiger partial charge in [0, 0.05) is 12.1 Å². The fourth-order valence-corrected chi connectivity index (χ4v) is 1.08. The summed E-state index contributed by atoms with van der Waals surface area (Å²) in [7, 11) is 0. The molecule has 0 rings (SSSR count). The van der Waals surface area contributed by atoms with E-state index in [9.17, 15) is 0 Å². The first-order valence-corrected chi connectivity index (χ1v) is 5.71. The van der Waals surface area contributed by atoms with E-state index < -0.39 is 0 Å². The van der Waals surface area contributed by atoms with Crippen molar-refractivity contribution in [1.82, 2.24) is 5.32 Å². The highest BCUT2D eigenvalue weighted by Crippen LogP contribution is 2.01. The van der Waals surface area contributed by atoms with E-state index >= 15 is 0 Å². The third-order valence-corrected chi connectivity index (χ3v) is 2.05. The Labute approximate surface area is 94.3 Å². The Morgan fingerprint density at radius 2 is 2.07 bits per heavy atom. The van der Waals surface area contributed by atoms with Crippen molar-refractivity contribution in [3.05, 3.63) is 41.7 Å². The average Bonchev–Trinajstić information content (AvgIpc) is 2.25. The minimum atomic E-state index is 0.881. The minimum absolute atomic E-state index is 0.881. The van der Waals surface area contributed by atoms with E-state index in [1.54, 1.807) is 0 Å². The molecule has 0 spiro atoms. The van der Waals surface area contributed by atoms with Crippen LogP contribution in [0, 0.1) is 0 Å². The first kappa shape index (κ1) is 14.0. The molecule has 0 saturated carbocycles. The molecule has 1 nitrogen and oxygen atoms in total. The van der Waals surface area contributed by atoms with Crippen LogP contribution < -0.4 is 5.32 Å². The van der Waals surface area contributed by atoms with Gasteiger partial charge in [0.05, 0.1) is 0 Å². The van der Waals surface area contributed by atoms with Crippen molar-refractivity contribution in [2.24, 2.45) is 0 Å². The zero-order valence-electron chi connectivity index (χ0n) is 10.3. The predicted molar refractivity (Wildman–Crippen MR) is 69.0 cm³/mol. The minimum Gasteiger partial charge on any atom is -0.312 e. The third kappa shape index (κ3) is 7.99. The lowest BCUT2D eigenvalue weighted by molar-refractivity contribution is 0.720. The van der Waals surface area contributed by atoms with Crippen molar-refractivity contribution in [2.75, 3.05) is 13.1 Å². The van der Waals surface area contributed by atoms with Crippen molar-refractivity contribution in [3.63, 3.8) is 0 Å². The summed E-state index contributed by atoms with van der Waals surface area (Å²) >= 11 is 0. The van der Waals surface area contributed by atoms with Gasteiger partial charge in [0.2, 0.25) is 0 Å². The van der Waals surface area contributed by atoms with E-state index in [0.29, 0.717) is 0 Å². The van der Waals surface area contributed by atoms with Crippen LogP contribution in [0.1, 0.15) is 33.6 Å². The maximum absolute atomic E-state index is 3.94. The van der Waals surface area contributed by atoms with Crippen molar-refractivity contribution in [3.8, 4) is 0 Å². The average molecular weight is 205 g/mol. The van der Waals surface area contributed by atoms with Gasteiger partial charge in [-0.05, 0) is 38.5 Å². The molecule has 0 aliphatic heterocycles. The highest BCUT2D eigenvalue weighted by atomic mass is 14.8. The van der Waals surface area contributed by atoms with Crippen LogP contribution in [-0.2, 0) is 0 Å². The molecule has 0 fully saturated rings. The summed E-state index contributed by atoms with van der Waals surface area (Å²) in [6.45, 7) is 12.1. The van der Waals surface area contributed by atoms with Gasteiger partial charge in [0.15, 0.2) is 0 Å². The molecule has 0 unspecified atom stereocenters. The molecule has 0 aromatic heterocycles. The van der Waals surface area contributed by atoms with Crippen LogP contribution in [0.2, 0.25) is 0 Å². The predicted octanol–water partition coefficient (Wildman–Crippen LogP) is 3.61. The molecular formula is C14H23N. The molecule has 1 heteroatoms. The molecule has 0 saturated heterocycles. The highest BCUT2D eigenvalue weighted by molar-refractivity contribution is 5.26. The number of nitrogens with one attached hydrogen (secondary N) is 1. The van der Waals surface area contributed by atoms with Crippen molar-refractivity contribution >= 4 is 0 Å². The van der Waals surface area contributed by atoms with Crippen molar-refractivity contribution in [1.29, 1.82) is 0 Å². The molecular weight excluding hydrogens is 182 g/mol. The lowest BCUT2D eigenvalue weighted by Crippen LogP contribution is -2.16. The van der Waals surface area contributed by atoms with Gasteiger partial charge in [-0.15, -0.1) is 5.73 Å². The van der Waals surface area contributed by atoms with E-state index in [0.717, 1.165) is 31.5 Å².